The van der Waals surface area contributed by atoms with Gasteiger partial charge in [-0.15, -0.1) is 0 Å². The standard InChI is InChI=1S/C17H13BrClF4N5O/c1-9-14(18)15(17(21,22)23)25-28(9)8-13(29)24-16-12(19)7-27(26-16)6-10-3-2-4-11(20)5-10/h2-5,7H,6,8H2,1H3,(H,24,26,29). The second-order valence-electron chi connectivity index (χ2n) is 6.10. The fourth-order valence-electron chi connectivity index (χ4n) is 2.55. The predicted molar refractivity (Wildman–Crippen MR) is 101 cm³/mol. The number of alkyl halides is 3. The van der Waals surface area contributed by atoms with Gasteiger partial charge in [-0.3, -0.25) is 14.2 Å². The molecule has 0 bridgehead atoms. The van der Waals surface area contributed by atoms with Crippen LogP contribution in [0.25, 0.3) is 0 Å². The molecule has 0 aliphatic carbocycles. The number of hydrogen-bond acceptors (Lipinski definition) is 3. The van der Waals surface area contributed by atoms with E-state index >= 15 is 0 Å². The summed E-state index contributed by atoms with van der Waals surface area (Å²) in [4.78, 5) is 12.2. The van der Waals surface area contributed by atoms with Gasteiger partial charge in [0.1, 0.15) is 17.4 Å². The van der Waals surface area contributed by atoms with E-state index in [-0.39, 0.29) is 27.6 Å². The maximum atomic E-state index is 13.3. The summed E-state index contributed by atoms with van der Waals surface area (Å²) >= 11 is 8.91. The minimum absolute atomic E-state index is 0.0352. The minimum atomic E-state index is -4.65. The number of nitrogens with one attached hydrogen (secondary N) is 1. The highest BCUT2D eigenvalue weighted by atomic mass is 79.9. The molecule has 0 saturated heterocycles. The Labute approximate surface area is 175 Å². The molecular formula is C17H13BrClF4N5O. The number of nitrogens with zero attached hydrogens (tertiary/aromatic N) is 4. The molecule has 2 aromatic heterocycles. The molecular weight excluding hydrogens is 482 g/mol. The molecule has 0 radical (unpaired) electrons. The summed E-state index contributed by atoms with van der Waals surface area (Å²) in [6.45, 7) is 1.15. The van der Waals surface area contributed by atoms with Crippen molar-refractivity contribution in [2.45, 2.75) is 26.2 Å². The first-order valence-electron chi connectivity index (χ1n) is 8.12. The van der Waals surface area contributed by atoms with E-state index < -0.39 is 30.1 Å². The maximum absolute atomic E-state index is 13.3. The van der Waals surface area contributed by atoms with Crippen molar-refractivity contribution in [2.75, 3.05) is 5.32 Å². The number of anilines is 1. The molecule has 1 amide bonds. The first-order chi connectivity index (χ1) is 13.5. The van der Waals surface area contributed by atoms with Gasteiger partial charge < -0.3 is 5.32 Å². The zero-order valence-corrected chi connectivity index (χ0v) is 17.1. The molecule has 0 unspecified atom stereocenters. The third-order valence-corrected chi connectivity index (χ3v) is 5.13. The van der Waals surface area contributed by atoms with Gasteiger partial charge in [0.05, 0.1) is 16.7 Å². The molecule has 0 saturated carbocycles. The number of amides is 1. The summed E-state index contributed by atoms with van der Waals surface area (Å²) in [6.07, 6.45) is -3.20. The SMILES string of the molecule is Cc1c(Br)c(C(F)(F)F)nn1CC(=O)Nc1nn(Cc2cccc(F)c2)cc1Cl. The monoisotopic (exact) mass is 493 g/mol. The number of rotatable bonds is 5. The van der Waals surface area contributed by atoms with Gasteiger partial charge in [0, 0.05) is 6.20 Å². The van der Waals surface area contributed by atoms with Crippen molar-refractivity contribution in [3.05, 3.63) is 62.7 Å². The Morgan fingerprint density at radius 2 is 2.03 bits per heavy atom. The van der Waals surface area contributed by atoms with Crippen molar-refractivity contribution >= 4 is 39.3 Å². The van der Waals surface area contributed by atoms with Crippen molar-refractivity contribution in [1.82, 2.24) is 19.6 Å². The second-order valence-corrected chi connectivity index (χ2v) is 7.30. The van der Waals surface area contributed by atoms with Gasteiger partial charge >= 0.3 is 6.18 Å². The minimum Gasteiger partial charge on any atom is -0.306 e. The lowest BCUT2D eigenvalue weighted by Crippen LogP contribution is -2.21. The first-order valence-corrected chi connectivity index (χ1v) is 9.29. The first kappa shape index (κ1) is 21.3. The van der Waals surface area contributed by atoms with Crippen molar-refractivity contribution in [3.8, 4) is 0 Å². The quantitative estimate of drug-likeness (QED) is 0.525. The Morgan fingerprint density at radius 1 is 1.31 bits per heavy atom. The fraction of sp³-hybridized carbons (Fsp3) is 0.235. The lowest BCUT2D eigenvalue weighted by atomic mass is 10.2. The predicted octanol–water partition coefficient (Wildman–Crippen LogP) is 4.65. The molecule has 0 atom stereocenters. The van der Waals surface area contributed by atoms with E-state index in [0.29, 0.717) is 5.56 Å². The second kappa shape index (κ2) is 8.15. The van der Waals surface area contributed by atoms with Crippen LogP contribution in [0.5, 0.6) is 0 Å². The molecule has 12 heteroatoms. The summed E-state index contributed by atoms with van der Waals surface area (Å²) < 4.78 is 54.2. The van der Waals surface area contributed by atoms with E-state index in [9.17, 15) is 22.4 Å². The van der Waals surface area contributed by atoms with Crippen molar-refractivity contribution < 1.29 is 22.4 Å². The summed E-state index contributed by atoms with van der Waals surface area (Å²) in [5.41, 5.74) is -0.325. The Bertz CT molecular complexity index is 1060. The van der Waals surface area contributed by atoms with Gasteiger partial charge in [-0.25, -0.2) is 4.39 Å². The Morgan fingerprint density at radius 3 is 2.66 bits per heavy atom. The van der Waals surface area contributed by atoms with Gasteiger partial charge in [0.2, 0.25) is 5.91 Å². The van der Waals surface area contributed by atoms with Crippen LogP contribution < -0.4 is 5.32 Å². The van der Waals surface area contributed by atoms with Crippen LogP contribution in [0.2, 0.25) is 5.02 Å². The van der Waals surface area contributed by atoms with Crippen LogP contribution in [0, 0.1) is 12.7 Å². The summed E-state index contributed by atoms with van der Waals surface area (Å²) in [7, 11) is 0. The molecule has 29 heavy (non-hydrogen) atoms. The molecule has 3 aromatic rings. The van der Waals surface area contributed by atoms with Gasteiger partial charge in [-0.2, -0.15) is 23.4 Å². The third-order valence-electron chi connectivity index (χ3n) is 3.90. The lowest BCUT2D eigenvalue weighted by Gasteiger charge is -2.05. The van der Waals surface area contributed by atoms with E-state index in [4.69, 9.17) is 11.6 Å². The average Bonchev–Trinajstić information content (AvgIpc) is 3.08. The highest BCUT2D eigenvalue weighted by Crippen LogP contribution is 2.35. The van der Waals surface area contributed by atoms with Gasteiger partial charge in [0.25, 0.3) is 0 Å². The average molecular weight is 495 g/mol. The lowest BCUT2D eigenvalue weighted by molar-refractivity contribution is -0.142. The van der Waals surface area contributed by atoms with E-state index in [2.05, 4.69) is 31.4 Å². The van der Waals surface area contributed by atoms with E-state index in [0.717, 1.165) is 4.68 Å². The number of hydrogen-bond donors (Lipinski definition) is 1. The Kier molecular flexibility index (Phi) is 5.99. The smallest absolute Gasteiger partial charge is 0.306 e. The maximum Gasteiger partial charge on any atom is 0.436 e. The van der Waals surface area contributed by atoms with Gasteiger partial charge in [-0.1, -0.05) is 23.7 Å². The number of aromatic nitrogens is 4. The molecule has 0 aliphatic heterocycles. The molecule has 0 aliphatic rings. The summed E-state index contributed by atoms with van der Waals surface area (Å²) in [6, 6.07) is 5.90. The topological polar surface area (TPSA) is 64.7 Å². The normalized spacial score (nSPS) is 11.7. The molecule has 1 aromatic carbocycles. The highest BCUT2D eigenvalue weighted by Gasteiger charge is 2.38. The van der Waals surface area contributed by atoms with Crippen LogP contribution in [0.15, 0.2) is 34.9 Å². The Hall–Kier alpha value is -2.40. The molecule has 0 fully saturated rings. The number of benzene rings is 1. The van der Waals surface area contributed by atoms with Crippen molar-refractivity contribution in [1.29, 1.82) is 0 Å². The summed E-state index contributed by atoms with van der Waals surface area (Å²) in [5, 5.41) is 10.1. The molecule has 154 valence electrons. The van der Waals surface area contributed by atoms with Crippen LogP contribution in [-0.2, 0) is 24.1 Å². The van der Waals surface area contributed by atoms with E-state index in [1.54, 1.807) is 12.1 Å². The van der Waals surface area contributed by atoms with E-state index in [1.165, 1.54) is 29.9 Å². The van der Waals surface area contributed by atoms with Crippen LogP contribution >= 0.6 is 27.5 Å². The highest BCUT2D eigenvalue weighted by molar-refractivity contribution is 9.10. The van der Waals surface area contributed by atoms with Gasteiger partial charge in [-0.05, 0) is 40.5 Å². The van der Waals surface area contributed by atoms with Crippen molar-refractivity contribution in [2.24, 2.45) is 0 Å². The zero-order valence-electron chi connectivity index (χ0n) is 14.8. The Balaban J connectivity index is 1.71. The largest absolute Gasteiger partial charge is 0.436 e. The fourth-order valence-corrected chi connectivity index (χ4v) is 3.26. The van der Waals surface area contributed by atoms with Crippen molar-refractivity contribution in [3.63, 3.8) is 0 Å². The van der Waals surface area contributed by atoms with E-state index in [1.807, 2.05) is 0 Å². The molecule has 3 rings (SSSR count). The van der Waals surface area contributed by atoms with Crippen LogP contribution in [-0.4, -0.2) is 25.5 Å². The van der Waals surface area contributed by atoms with Crippen LogP contribution in [0.4, 0.5) is 23.4 Å². The molecule has 6 nitrogen and oxygen atoms in total. The summed E-state index contributed by atoms with van der Waals surface area (Å²) in [5.74, 6) is -1.02. The molecule has 2 heterocycles. The van der Waals surface area contributed by atoms with Crippen LogP contribution in [0.1, 0.15) is 17.0 Å². The molecule has 0 spiro atoms. The van der Waals surface area contributed by atoms with Crippen LogP contribution in [0.3, 0.4) is 0 Å². The zero-order chi connectivity index (χ0) is 21.3. The number of carbonyl (C=O) groups is 1. The molecule has 1 N–H and O–H groups in total. The number of carbonyl (C=O) groups excluding carboxylic acids is 1. The number of halogens is 6. The van der Waals surface area contributed by atoms with Gasteiger partial charge in [0.15, 0.2) is 11.5 Å². The third kappa shape index (κ3) is 4.96.